The highest BCUT2D eigenvalue weighted by atomic mass is 35.5. The molecule has 1 amide bonds. The predicted molar refractivity (Wildman–Crippen MR) is 86.6 cm³/mol. The molecule has 118 valence electrons. The molecule has 0 saturated heterocycles. The third kappa shape index (κ3) is 5.47. The largest absolute Gasteiger partial charge is 0.310 e. The second-order valence-electron chi connectivity index (χ2n) is 4.46. The van der Waals surface area contributed by atoms with Gasteiger partial charge in [-0.05, 0) is 18.6 Å². The van der Waals surface area contributed by atoms with Gasteiger partial charge in [0.05, 0.1) is 21.5 Å². The van der Waals surface area contributed by atoms with E-state index in [1.807, 2.05) is 0 Å². The molecule has 0 fully saturated rings. The lowest BCUT2D eigenvalue weighted by atomic mass is 10.2. The topological polar surface area (TPSA) is 66.5 Å². The number of benzene rings is 1. The van der Waals surface area contributed by atoms with Gasteiger partial charge >= 0.3 is 0 Å². The van der Waals surface area contributed by atoms with Crippen LogP contribution in [0.5, 0.6) is 0 Å². The van der Waals surface area contributed by atoms with Crippen molar-refractivity contribution in [2.45, 2.75) is 20.3 Å². The van der Waals surface area contributed by atoms with Gasteiger partial charge in [0.25, 0.3) is 0 Å². The van der Waals surface area contributed by atoms with Crippen molar-refractivity contribution in [3.8, 4) is 0 Å². The van der Waals surface area contributed by atoms with Crippen LogP contribution in [-0.4, -0.2) is 33.2 Å². The Morgan fingerprint density at radius 2 is 2.00 bits per heavy atom. The highest BCUT2D eigenvalue weighted by Gasteiger charge is 2.17. The SMILES string of the molecule is CCCS(=O)(=O)NCCN(C(C)=O)c1cccc(Cl)c1Cl. The zero-order chi connectivity index (χ0) is 16.0. The smallest absolute Gasteiger partial charge is 0.223 e. The van der Waals surface area contributed by atoms with Crippen LogP contribution in [0.2, 0.25) is 10.0 Å². The molecule has 1 N–H and O–H groups in total. The van der Waals surface area contributed by atoms with E-state index in [1.165, 1.54) is 11.8 Å². The molecule has 0 heterocycles. The van der Waals surface area contributed by atoms with Crippen LogP contribution in [0.1, 0.15) is 20.3 Å². The molecule has 0 aliphatic heterocycles. The van der Waals surface area contributed by atoms with Gasteiger partial charge in [-0.15, -0.1) is 0 Å². The van der Waals surface area contributed by atoms with Crippen molar-refractivity contribution in [3.05, 3.63) is 28.2 Å². The van der Waals surface area contributed by atoms with Crippen molar-refractivity contribution >= 4 is 44.8 Å². The maximum Gasteiger partial charge on any atom is 0.223 e. The number of amides is 1. The van der Waals surface area contributed by atoms with E-state index in [-0.39, 0.29) is 29.8 Å². The minimum atomic E-state index is -3.30. The molecule has 0 radical (unpaired) electrons. The maximum atomic E-state index is 11.7. The van der Waals surface area contributed by atoms with Crippen LogP contribution in [0.25, 0.3) is 0 Å². The van der Waals surface area contributed by atoms with Crippen molar-refractivity contribution in [2.24, 2.45) is 0 Å². The molecule has 0 spiro atoms. The first-order valence-corrected chi connectivity index (χ1v) is 8.88. The van der Waals surface area contributed by atoms with Crippen molar-refractivity contribution in [1.29, 1.82) is 0 Å². The molecule has 1 aromatic rings. The van der Waals surface area contributed by atoms with Gasteiger partial charge in [-0.25, -0.2) is 13.1 Å². The van der Waals surface area contributed by atoms with E-state index in [4.69, 9.17) is 23.2 Å². The average molecular weight is 353 g/mol. The Morgan fingerprint density at radius 1 is 1.33 bits per heavy atom. The van der Waals surface area contributed by atoms with E-state index in [0.29, 0.717) is 17.1 Å². The molecular formula is C13H18Cl2N2O3S. The summed E-state index contributed by atoms with van der Waals surface area (Å²) >= 11 is 12.0. The Bertz CT molecular complexity index is 605. The predicted octanol–water partition coefficient (Wildman–Crippen LogP) is 2.68. The molecule has 5 nitrogen and oxygen atoms in total. The maximum absolute atomic E-state index is 11.7. The Kier molecular flexibility index (Phi) is 6.93. The number of halogens is 2. The van der Waals surface area contributed by atoms with Gasteiger partial charge < -0.3 is 4.90 Å². The molecular weight excluding hydrogens is 335 g/mol. The van der Waals surface area contributed by atoms with Gasteiger partial charge in [-0.1, -0.05) is 36.2 Å². The van der Waals surface area contributed by atoms with Crippen molar-refractivity contribution in [2.75, 3.05) is 23.7 Å². The van der Waals surface area contributed by atoms with Gasteiger partial charge in [0.1, 0.15) is 0 Å². The summed E-state index contributed by atoms with van der Waals surface area (Å²) in [5, 5.41) is 0.609. The molecule has 8 heteroatoms. The fraction of sp³-hybridized carbons (Fsp3) is 0.462. The summed E-state index contributed by atoms with van der Waals surface area (Å²) < 4.78 is 25.6. The minimum absolute atomic E-state index is 0.0605. The number of carbonyl (C=O) groups is 1. The second-order valence-corrected chi connectivity index (χ2v) is 7.17. The van der Waals surface area contributed by atoms with Crippen LogP contribution in [-0.2, 0) is 14.8 Å². The average Bonchev–Trinajstić information content (AvgIpc) is 2.38. The number of hydrogen-bond acceptors (Lipinski definition) is 3. The Labute approximate surface area is 135 Å². The highest BCUT2D eigenvalue weighted by Crippen LogP contribution is 2.32. The lowest BCUT2D eigenvalue weighted by Gasteiger charge is -2.22. The van der Waals surface area contributed by atoms with E-state index in [1.54, 1.807) is 25.1 Å². The lowest BCUT2D eigenvalue weighted by Crippen LogP contribution is -2.38. The number of hydrogen-bond donors (Lipinski definition) is 1. The fourth-order valence-corrected chi connectivity index (χ4v) is 3.28. The zero-order valence-electron chi connectivity index (χ0n) is 11.9. The first-order chi connectivity index (χ1) is 9.78. The number of nitrogens with zero attached hydrogens (tertiary/aromatic N) is 1. The molecule has 0 aromatic heterocycles. The van der Waals surface area contributed by atoms with Gasteiger partial charge in [0.15, 0.2) is 0 Å². The quantitative estimate of drug-likeness (QED) is 0.820. The third-order valence-electron chi connectivity index (χ3n) is 2.73. The molecule has 0 bridgehead atoms. The zero-order valence-corrected chi connectivity index (χ0v) is 14.2. The van der Waals surface area contributed by atoms with E-state index in [0.717, 1.165) is 0 Å². The molecule has 1 aromatic carbocycles. The summed E-state index contributed by atoms with van der Waals surface area (Å²) in [6, 6.07) is 4.96. The van der Waals surface area contributed by atoms with Crippen LogP contribution in [0, 0.1) is 0 Å². The Balaban J connectivity index is 2.81. The van der Waals surface area contributed by atoms with Gasteiger partial charge in [0.2, 0.25) is 15.9 Å². The molecule has 0 atom stereocenters. The van der Waals surface area contributed by atoms with Crippen LogP contribution in [0.3, 0.4) is 0 Å². The molecule has 0 unspecified atom stereocenters. The number of carbonyl (C=O) groups excluding carboxylic acids is 1. The fourth-order valence-electron chi connectivity index (χ4n) is 1.80. The summed E-state index contributed by atoms with van der Waals surface area (Å²) in [5.74, 6) is -0.181. The van der Waals surface area contributed by atoms with Crippen LogP contribution < -0.4 is 9.62 Å². The number of sulfonamides is 1. The van der Waals surface area contributed by atoms with Crippen molar-refractivity contribution in [3.63, 3.8) is 0 Å². The second kappa shape index (κ2) is 7.98. The number of anilines is 1. The first kappa shape index (κ1) is 18.2. The normalized spacial score (nSPS) is 11.4. The first-order valence-electron chi connectivity index (χ1n) is 6.48. The Morgan fingerprint density at radius 3 is 2.57 bits per heavy atom. The number of rotatable bonds is 7. The van der Waals surface area contributed by atoms with E-state index in [2.05, 4.69) is 4.72 Å². The van der Waals surface area contributed by atoms with Gasteiger partial charge in [0, 0.05) is 20.0 Å². The summed E-state index contributed by atoms with van der Waals surface area (Å²) in [6.45, 7) is 3.47. The molecule has 21 heavy (non-hydrogen) atoms. The van der Waals surface area contributed by atoms with E-state index in [9.17, 15) is 13.2 Å². The Hall–Kier alpha value is -0.820. The third-order valence-corrected chi connectivity index (χ3v) is 5.13. The summed E-state index contributed by atoms with van der Waals surface area (Å²) in [4.78, 5) is 13.1. The van der Waals surface area contributed by atoms with Gasteiger partial charge in [-0.2, -0.15) is 0 Å². The monoisotopic (exact) mass is 352 g/mol. The van der Waals surface area contributed by atoms with Crippen LogP contribution >= 0.6 is 23.2 Å². The lowest BCUT2D eigenvalue weighted by molar-refractivity contribution is -0.116. The number of nitrogens with one attached hydrogen (secondary N) is 1. The molecule has 0 saturated carbocycles. The van der Waals surface area contributed by atoms with Crippen molar-refractivity contribution < 1.29 is 13.2 Å². The minimum Gasteiger partial charge on any atom is -0.310 e. The summed E-state index contributed by atoms with van der Waals surface area (Å²) in [7, 11) is -3.30. The molecule has 0 aliphatic rings. The summed E-state index contributed by atoms with van der Waals surface area (Å²) in [5.41, 5.74) is 0.464. The highest BCUT2D eigenvalue weighted by molar-refractivity contribution is 7.89. The van der Waals surface area contributed by atoms with E-state index < -0.39 is 10.0 Å². The van der Waals surface area contributed by atoms with E-state index >= 15 is 0 Å². The van der Waals surface area contributed by atoms with Crippen LogP contribution in [0.15, 0.2) is 18.2 Å². The van der Waals surface area contributed by atoms with Crippen molar-refractivity contribution in [1.82, 2.24) is 4.72 Å². The molecule has 1 rings (SSSR count). The molecule has 0 aliphatic carbocycles. The summed E-state index contributed by atoms with van der Waals surface area (Å²) in [6.07, 6.45) is 0.534. The standard InChI is InChI=1S/C13H18Cl2N2O3S/c1-3-9-21(19,20)16-7-8-17(10(2)18)12-6-4-5-11(14)13(12)15/h4-6,16H,3,7-9H2,1-2H3. The van der Waals surface area contributed by atoms with Gasteiger partial charge in [-0.3, -0.25) is 4.79 Å². The van der Waals surface area contributed by atoms with Crippen LogP contribution in [0.4, 0.5) is 5.69 Å².